The van der Waals surface area contributed by atoms with Crippen LogP contribution in [0.5, 0.6) is 5.75 Å². The number of carbonyl (C=O) groups excluding carboxylic acids is 1. The summed E-state index contributed by atoms with van der Waals surface area (Å²) in [4.78, 5) is 24.5. The Morgan fingerprint density at radius 1 is 1.13 bits per heavy atom. The highest BCUT2D eigenvalue weighted by molar-refractivity contribution is 9.10. The van der Waals surface area contributed by atoms with Crippen LogP contribution in [-0.2, 0) is 0 Å². The van der Waals surface area contributed by atoms with E-state index >= 15 is 0 Å². The van der Waals surface area contributed by atoms with Gasteiger partial charge in [-0.2, -0.15) is 0 Å². The number of halogens is 2. The zero-order valence-corrected chi connectivity index (χ0v) is 17.2. The van der Waals surface area contributed by atoms with Crippen LogP contribution in [0.3, 0.4) is 0 Å². The fraction of sp³-hybridized carbons (Fsp3) is 0.0556. The zero-order chi connectivity index (χ0) is 22.0. The van der Waals surface area contributed by atoms with Crippen molar-refractivity contribution in [1.82, 2.24) is 20.0 Å². The molecule has 2 aromatic heterocycles. The van der Waals surface area contributed by atoms with Crippen molar-refractivity contribution in [2.45, 2.75) is 0 Å². The molecule has 4 rings (SSSR count). The summed E-state index contributed by atoms with van der Waals surface area (Å²) in [6, 6.07) is 9.84. The van der Waals surface area contributed by atoms with Gasteiger partial charge in [0.25, 0.3) is 0 Å². The summed E-state index contributed by atoms with van der Waals surface area (Å²) in [6.45, 7) is 0. The summed E-state index contributed by atoms with van der Waals surface area (Å²) in [5.41, 5.74) is 0.660. The van der Waals surface area contributed by atoms with E-state index in [-0.39, 0.29) is 27.5 Å². The van der Waals surface area contributed by atoms with Crippen LogP contribution < -0.4 is 21.1 Å². The lowest BCUT2D eigenvalue weighted by Gasteiger charge is -2.07. The average molecular weight is 491 g/mol. The maximum atomic E-state index is 13.6. The second-order valence-corrected chi connectivity index (χ2v) is 6.83. The quantitative estimate of drug-likeness (QED) is 0.433. The third-order valence-corrected chi connectivity index (χ3v) is 4.65. The highest BCUT2D eigenvalue weighted by Crippen LogP contribution is 2.26. The number of hydrogen-bond acceptors (Lipinski definition) is 8. The lowest BCUT2D eigenvalue weighted by Crippen LogP contribution is -2.20. The zero-order valence-electron chi connectivity index (χ0n) is 15.6. The second kappa shape index (κ2) is 8.39. The number of nitrogens with zero attached hydrogens (tertiary/aromatic N) is 4. The van der Waals surface area contributed by atoms with E-state index in [0.29, 0.717) is 11.4 Å². The number of nitrogens with one attached hydrogen (secondary N) is 2. The number of urea groups is 1. The normalized spacial score (nSPS) is 10.7. The van der Waals surface area contributed by atoms with Gasteiger partial charge < -0.3 is 10.1 Å². The van der Waals surface area contributed by atoms with Crippen molar-refractivity contribution in [3.05, 3.63) is 63.3 Å². The van der Waals surface area contributed by atoms with Gasteiger partial charge in [0.15, 0.2) is 5.69 Å². The molecule has 11 nitrogen and oxygen atoms in total. The van der Waals surface area contributed by atoms with Crippen LogP contribution in [0.2, 0.25) is 0 Å². The summed E-state index contributed by atoms with van der Waals surface area (Å²) in [5.74, 6) is -0.968. The molecule has 0 saturated heterocycles. The van der Waals surface area contributed by atoms with Crippen LogP contribution in [0, 0.1) is 5.82 Å². The van der Waals surface area contributed by atoms with E-state index in [4.69, 9.17) is 13.9 Å². The molecule has 0 spiro atoms. The summed E-state index contributed by atoms with van der Waals surface area (Å²) in [7, 11) is 1.53. The lowest BCUT2D eigenvalue weighted by atomic mass is 10.3. The number of aromatic nitrogens is 4. The van der Waals surface area contributed by atoms with Gasteiger partial charge in [-0.05, 0) is 68.7 Å². The van der Waals surface area contributed by atoms with E-state index in [1.807, 2.05) is 0 Å². The largest absolute Gasteiger partial charge is 0.497 e. The molecule has 31 heavy (non-hydrogen) atoms. The van der Waals surface area contributed by atoms with Gasteiger partial charge >= 0.3 is 11.8 Å². The molecule has 0 radical (unpaired) electrons. The van der Waals surface area contributed by atoms with Crippen molar-refractivity contribution >= 4 is 33.5 Å². The number of rotatable bonds is 5. The number of benzene rings is 2. The molecule has 2 heterocycles. The van der Waals surface area contributed by atoms with E-state index in [9.17, 15) is 14.0 Å². The molecule has 0 bridgehead atoms. The highest BCUT2D eigenvalue weighted by Gasteiger charge is 2.24. The number of anilines is 2. The number of amides is 2. The van der Waals surface area contributed by atoms with Crippen molar-refractivity contribution < 1.29 is 23.1 Å². The van der Waals surface area contributed by atoms with Crippen LogP contribution in [0.15, 0.2) is 60.9 Å². The van der Waals surface area contributed by atoms with Crippen LogP contribution >= 0.6 is 15.9 Å². The lowest BCUT2D eigenvalue weighted by molar-refractivity contribution is 0.261. The molecule has 0 aliphatic rings. The van der Waals surface area contributed by atoms with Crippen molar-refractivity contribution in [2.24, 2.45) is 0 Å². The van der Waals surface area contributed by atoms with Crippen molar-refractivity contribution in [2.75, 3.05) is 17.7 Å². The maximum Gasteiger partial charge on any atom is 0.446 e. The molecular formula is C18H12BrFN6O5. The second-order valence-electron chi connectivity index (χ2n) is 5.97. The number of hydrogen-bond donors (Lipinski definition) is 2. The molecule has 2 N–H and O–H groups in total. The first-order valence-corrected chi connectivity index (χ1v) is 9.34. The molecule has 0 aliphatic heterocycles. The SMILES string of the molecule is COc1ccc(NC(=O)Nc2nonc2-c2noc(=O)n2-c2ccc(F)c(Br)c2)cc1. The van der Waals surface area contributed by atoms with E-state index in [2.05, 4.69) is 42.0 Å². The van der Waals surface area contributed by atoms with Crippen LogP contribution in [0.4, 0.5) is 20.7 Å². The van der Waals surface area contributed by atoms with E-state index in [1.54, 1.807) is 24.3 Å². The smallest absolute Gasteiger partial charge is 0.446 e. The Balaban J connectivity index is 1.61. The minimum Gasteiger partial charge on any atom is -0.497 e. The van der Waals surface area contributed by atoms with Crippen LogP contribution in [0.1, 0.15) is 0 Å². The molecule has 13 heteroatoms. The molecule has 4 aromatic rings. The Kier molecular flexibility index (Phi) is 5.49. The topological polar surface area (TPSA) is 137 Å². The first kappa shape index (κ1) is 20.3. The minimum atomic E-state index is -0.856. The van der Waals surface area contributed by atoms with Gasteiger partial charge in [-0.25, -0.2) is 23.2 Å². The molecule has 0 fully saturated rings. The number of carbonyl (C=O) groups is 1. The summed E-state index contributed by atoms with van der Waals surface area (Å²) in [6.07, 6.45) is 0. The molecular weight excluding hydrogens is 479 g/mol. The van der Waals surface area contributed by atoms with E-state index in [1.165, 1.54) is 19.2 Å². The van der Waals surface area contributed by atoms with Gasteiger partial charge in [-0.1, -0.05) is 5.16 Å². The fourth-order valence-corrected chi connectivity index (χ4v) is 2.98. The first-order chi connectivity index (χ1) is 15.0. The predicted octanol–water partition coefficient (Wildman–Crippen LogP) is 3.43. The number of methoxy groups -OCH3 is 1. The van der Waals surface area contributed by atoms with Crippen molar-refractivity contribution in [1.29, 1.82) is 0 Å². The molecule has 0 saturated carbocycles. The van der Waals surface area contributed by atoms with Crippen molar-refractivity contribution in [3.63, 3.8) is 0 Å². The third-order valence-electron chi connectivity index (χ3n) is 4.05. The van der Waals surface area contributed by atoms with Gasteiger partial charge in [0.2, 0.25) is 11.6 Å². The maximum absolute atomic E-state index is 13.6. The highest BCUT2D eigenvalue weighted by atomic mass is 79.9. The van der Waals surface area contributed by atoms with E-state index in [0.717, 1.165) is 10.6 Å². The van der Waals surface area contributed by atoms with E-state index < -0.39 is 17.6 Å². The predicted molar refractivity (Wildman–Crippen MR) is 109 cm³/mol. The van der Waals surface area contributed by atoms with Crippen LogP contribution in [0.25, 0.3) is 17.2 Å². The monoisotopic (exact) mass is 490 g/mol. The van der Waals surface area contributed by atoms with Crippen molar-refractivity contribution in [3.8, 4) is 23.0 Å². The van der Waals surface area contributed by atoms with Gasteiger partial charge in [-0.3, -0.25) is 9.84 Å². The Bertz CT molecular complexity index is 1300. The Morgan fingerprint density at radius 3 is 2.61 bits per heavy atom. The minimum absolute atomic E-state index is 0.0730. The van der Waals surface area contributed by atoms with Gasteiger partial charge in [0.05, 0.1) is 17.3 Å². The fourth-order valence-electron chi connectivity index (χ4n) is 2.61. The Hall–Kier alpha value is -4.00. The molecule has 2 aromatic carbocycles. The Morgan fingerprint density at radius 2 is 1.90 bits per heavy atom. The summed E-state index contributed by atoms with van der Waals surface area (Å²) < 4.78 is 29.2. The van der Waals surface area contributed by atoms with Crippen LogP contribution in [-0.4, -0.2) is 33.2 Å². The number of ether oxygens (including phenoxy) is 1. The standard InChI is InChI=1S/C18H12BrFN6O5/c1-29-11-5-2-9(3-6-11)21-17(27)22-15-14(23-31-24-15)16-25-30-18(28)26(16)10-4-7-13(20)12(19)8-10/h2-8H,1H3,(H2,21,22,24,27). The van der Waals surface area contributed by atoms with Gasteiger partial charge in [-0.15, -0.1) is 0 Å². The van der Waals surface area contributed by atoms with Gasteiger partial charge in [0.1, 0.15) is 11.6 Å². The third kappa shape index (κ3) is 4.16. The summed E-state index contributed by atoms with van der Waals surface area (Å²) in [5, 5.41) is 16.1. The average Bonchev–Trinajstić information content (AvgIpc) is 3.36. The molecule has 2 amide bonds. The first-order valence-electron chi connectivity index (χ1n) is 8.55. The Labute approximate surface area is 180 Å². The summed E-state index contributed by atoms with van der Waals surface area (Å²) >= 11 is 3.06. The van der Waals surface area contributed by atoms with Gasteiger partial charge in [0, 0.05) is 5.69 Å². The molecule has 0 atom stereocenters. The molecule has 0 unspecified atom stereocenters. The molecule has 158 valence electrons. The molecule has 0 aliphatic carbocycles.